The van der Waals surface area contributed by atoms with E-state index in [0.29, 0.717) is 19.6 Å². The van der Waals surface area contributed by atoms with Crippen molar-refractivity contribution in [3.63, 3.8) is 0 Å². The summed E-state index contributed by atoms with van der Waals surface area (Å²) in [5, 5.41) is 6.74. The summed E-state index contributed by atoms with van der Waals surface area (Å²) in [5.41, 5.74) is 2.30. The second-order valence-electron chi connectivity index (χ2n) is 4.82. The number of benzene rings is 2. The Kier molecular flexibility index (Phi) is 6.25. The third-order valence-electron chi connectivity index (χ3n) is 3.08. The minimum absolute atomic E-state index is 0.00737. The van der Waals surface area contributed by atoms with Crippen molar-refractivity contribution in [1.82, 2.24) is 10.6 Å². The molecule has 2 rings (SSSR count). The number of halogens is 1. The van der Waals surface area contributed by atoms with E-state index < -0.39 is 0 Å². The van der Waals surface area contributed by atoms with Gasteiger partial charge in [-0.25, -0.2) is 0 Å². The predicted octanol–water partition coefficient (Wildman–Crippen LogP) is 2.79. The maximum atomic E-state index is 11.7. The molecule has 0 saturated carbocycles. The highest BCUT2D eigenvalue weighted by molar-refractivity contribution is 6.30. The predicted molar refractivity (Wildman–Crippen MR) is 86.3 cm³/mol. The average Bonchev–Trinajstić information content (AvgIpc) is 2.48. The van der Waals surface area contributed by atoms with Crippen LogP contribution in [0.4, 0.5) is 0 Å². The van der Waals surface area contributed by atoms with Crippen molar-refractivity contribution in [1.29, 1.82) is 0 Å². The Hall–Kier alpha value is -1.84. The summed E-state index contributed by atoms with van der Waals surface area (Å²) in [7, 11) is 0. The largest absolute Gasteiger partial charge is 0.355 e. The molecule has 2 aromatic rings. The Morgan fingerprint density at radius 1 is 1.00 bits per heavy atom. The number of rotatable bonds is 7. The highest BCUT2D eigenvalue weighted by atomic mass is 35.5. The fraction of sp³-hybridized carbons (Fsp3) is 0.235. The summed E-state index contributed by atoms with van der Waals surface area (Å²) < 4.78 is 0. The molecule has 0 spiro atoms. The third kappa shape index (κ3) is 5.98. The van der Waals surface area contributed by atoms with E-state index in [1.807, 2.05) is 54.6 Å². The lowest BCUT2D eigenvalue weighted by Gasteiger charge is -2.07. The van der Waals surface area contributed by atoms with E-state index in [1.165, 1.54) is 5.56 Å². The van der Waals surface area contributed by atoms with E-state index in [-0.39, 0.29) is 5.91 Å². The van der Waals surface area contributed by atoms with Crippen LogP contribution in [0.15, 0.2) is 54.6 Å². The zero-order valence-electron chi connectivity index (χ0n) is 11.8. The van der Waals surface area contributed by atoms with Crippen molar-refractivity contribution in [2.75, 3.05) is 13.1 Å². The molecule has 4 heteroatoms. The summed E-state index contributed by atoms with van der Waals surface area (Å²) in [6, 6.07) is 17.7. The molecule has 0 aromatic heterocycles. The summed E-state index contributed by atoms with van der Waals surface area (Å²) in [4.78, 5) is 11.7. The first kappa shape index (κ1) is 15.5. The van der Waals surface area contributed by atoms with Crippen LogP contribution in [0.1, 0.15) is 11.1 Å². The molecular formula is C17H19ClN2O. The van der Waals surface area contributed by atoms with E-state index in [2.05, 4.69) is 10.6 Å². The molecule has 0 saturated heterocycles. The zero-order valence-corrected chi connectivity index (χ0v) is 12.6. The molecule has 0 bridgehead atoms. The van der Waals surface area contributed by atoms with Crippen LogP contribution >= 0.6 is 11.6 Å². The molecule has 2 N–H and O–H groups in total. The van der Waals surface area contributed by atoms with Gasteiger partial charge in [0.25, 0.3) is 0 Å². The summed E-state index contributed by atoms with van der Waals surface area (Å²) >= 11 is 5.92. The van der Waals surface area contributed by atoms with Gasteiger partial charge in [-0.05, 0) is 29.7 Å². The number of hydrogen-bond donors (Lipinski definition) is 2. The lowest BCUT2D eigenvalue weighted by atomic mass is 10.1. The highest BCUT2D eigenvalue weighted by Gasteiger charge is 2.01. The van der Waals surface area contributed by atoms with E-state index in [0.717, 1.165) is 17.0 Å². The van der Waals surface area contributed by atoms with Crippen molar-refractivity contribution in [2.45, 2.75) is 13.0 Å². The standard InChI is InChI=1S/C17H19ClN2O/c18-16-8-4-7-14(11-16)9-10-20-17(21)13-19-12-15-5-2-1-3-6-15/h1-8,11,19H,9-10,12-13H2,(H,20,21). The average molecular weight is 303 g/mol. The number of carbonyl (C=O) groups excluding carboxylic acids is 1. The minimum atomic E-state index is 0.00737. The molecule has 0 aliphatic carbocycles. The molecule has 0 radical (unpaired) electrons. The van der Waals surface area contributed by atoms with Gasteiger partial charge >= 0.3 is 0 Å². The second-order valence-corrected chi connectivity index (χ2v) is 5.26. The second kappa shape index (κ2) is 8.45. The quantitative estimate of drug-likeness (QED) is 0.826. The van der Waals surface area contributed by atoms with Gasteiger partial charge < -0.3 is 10.6 Å². The van der Waals surface area contributed by atoms with Gasteiger partial charge in [0.2, 0.25) is 5.91 Å². The molecular weight excluding hydrogens is 284 g/mol. The molecule has 110 valence electrons. The molecule has 0 aliphatic heterocycles. The molecule has 0 fully saturated rings. The number of hydrogen-bond acceptors (Lipinski definition) is 2. The van der Waals surface area contributed by atoms with Gasteiger partial charge in [0.1, 0.15) is 0 Å². The van der Waals surface area contributed by atoms with Gasteiger partial charge in [-0.15, -0.1) is 0 Å². The van der Waals surface area contributed by atoms with Gasteiger partial charge in [-0.3, -0.25) is 4.79 Å². The SMILES string of the molecule is O=C(CNCc1ccccc1)NCCc1cccc(Cl)c1. The van der Waals surface area contributed by atoms with Crippen LogP contribution in [0.2, 0.25) is 5.02 Å². The maximum absolute atomic E-state index is 11.7. The Labute approximate surface area is 130 Å². The van der Waals surface area contributed by atoms with Gasteiger partial charge in [0.15, 0.2) is 0 Å². The molecule has 1 amide bonds. The molecule has 0 heterocycles. The third-order valence-corrected chi connectivity index (χ3v) is 3.32. The Morgan fingerprint density at radius 3 is 2.52 bits per heavy atom. The van der Waals surface area contributed by atoms with Crippen LogP contribution in [0, 0.1) is 0 Å². The van der Waals surface area contributed by atoms with E-state index >= 15 is 0 Å². The smallest absolute Gasteiger partial charge is 0.233 e. The fourth-order valence-electron chi connectivity index (χ4n) is 2.02. The van der Waals surface area contributed by atoms with Crippen LogP contribution in [0.25, 0.3) is 0 Å². The van der Waals surface area contributed by atoms with Crippen LogP contribution in [0.5, 0.6) is 0 Å². The lowest BCUT2D eigenvalue weighted by Crippen LogP contribution is -2.34. The monoisotopic (exact) mass is 302 g/mol. The molecule has 3 nitrogen and oxygen atoms in total. The van der Waals surface area contributed by atoms with Crippen LogP contribution < -0.4 is 10.6 Å². The van der Waals surface area contributed by atoms with Gasteiger partial charge in [-0.2, -0.15) is 0 Å². The summed E-state index contributed by atoms with van der Waals surface area (Å²) in [6.45, 7) is 1.64. The van der Waals surface area contributed by atoms with Gasteiger partial charge in [0.05, 0.1) is 6.54 Å². The number of carbonyl (C=O) groups is 1. The fourth-order valence-corrected chi connectivity index (χ4v) is 2.23. The topological polar surface area (TPSA) is 41.1 Å². The highest BCUT2D eigenvalue weighted by Crippen LogP contribution is 2.10. The molecule has 0 atom stereocenters. The van der Waals surface area contributed by atoms with Crippen molar-refractivity contribution >= 4 is 17.5 Å². The lowest BCUT2D eigenvalue weighted by molar-refractivity contribution is -0.120. The maximum Gasteiger partial charge on any atom is 0.233 e. The number of nitrogens with one attached hydrogen (secondary N) is 2. The first-order valence-electron chi connectivity index (χ1n) is 7.00. The number of amides is 1. The Bertz CT molecular complexity index is 572. The first-order chi connectivity index (χ1) is 10.2. The van der Waals surface area contributed by atoms with Gasteiger partial charge in [-0.1, -0.05) is 54.1 Å². The van der Waals surface area contributed by atoms with E-state index in [9.17, 15) is 4.79 Å². The van der Waals surface area contributed by atoms with Crippen LogP contribution in [-0.4, -0.2) is 19.0 Å². The Balaban J connectivity index is 1.61. The normalized spacial score (nSPS) is 10.3. The molecule has 0 aliphatic rings. The van der Waals surface area contributed by atoms with E-state index in [4.69, 9.17) is 11.6 Å². The van der Waals surface area contributed by atoms with Crippen LogP contribution in [-0.2, 0) is 17.8 Å². The van der Waals surface area contributed by atoms with Gasteiger partial charge in [0, 0.05) is 18.1 Å². The summed E-state index contributed by atoms with van der Waals surface area (Å²) in [6.07, 6.45) is 0.783. The van der Waals surface area contributed by atoms with Crippen molar-refractivity contribution in [3.8, 4) is 0 Å². The molecule has 0 unspecified atom stereocenters. The molecule has 2 aromatic carbocycles. The minimum Gasteiger partial charge on any atom is -0.355 e. The van der Waals surface area contributed by atoms with E-state index in [1.54, 1.807) is 0 Å². The van der Waals surface area contributed by atoms with Crippen molar-refractivity contribution in [3.05, 3.63) is 70.7 Å². The van der Waals surface area contributed by atoms with Crippen molar-refractivity contribution < 1.29 is 4.79 Å². The first-order valence-corrected chi connectivity index (χ1v) is 7.37. The zero-order chi connectivity index (χ0) is 14.9. The van der Waals surface area contributed by atoms with Crippen LogP contribution in [0.3, 0.4) is 0 Å². The Morgan fingerprint density at radius 2 is 1.76 bits per heavy atom. The van der Waals surface area contributed by atoms with Crippen molar-refractivity contribution in [2.24, 2.45) is 0 Å². The summed E-state index contributed by atoms with van der Waals surface area (Å²) in [5.74, 6) is 0.00737. The molecule has 21 heavy (non-hydrogen) atoms.